The summed E-state index contributed by atoms with van der Waals surface area (Å²) in [6.07, 6.45) is 4.26. The van der Waals surface area contributed by atoms with Crippen LogP contribution in [0.25, 0.3) is 17.2 Å². The highest BCUT2D eigenvalue weighted by atomic mass is 16.7. The lowest BCUT2D eigenvalue weighted by molar-refractivity contribution is -0.118. The Kier molecular flexibility index (Phi) is 8.39. The molecular weight excluding hydrogens is 400 g/mol. The molecule has 0 saturated heterocycles. The number of allylic oxidation sites excluding steroid dienone is 1. The average molecular weight is 427 g/mol. The molecule has 3 rings (SSSR count). The van der Waals surface area contributed by atoms with E-state index in [0.717, 1.165) is 27.8 Å². The Morgan fingerprint density at radius 1 is 1.03 bits per heavy atom. The molecule has 0 saturated carbocycles. The van der Waals surface area contributed by atoms with Crippen molar-refractivity contribution in [3.05, 3.63) is 101 Å². The molecule has 0 fully saturated rings. The lowest BCUT2D eigenvalue weighted by Crippen LogP contribution is -2.18. The van der Waals surface area contributed by atoms with Crippen molar-refractivity contribution in [1.82, 2.24) is 0 Å². The van der Waals surface area contributed by atoms with E-state index < -0.39 is 5.97 Å². The molecule has 0 heterocycles. The highest BCUT2D eigenvalue weighted by Gasteiger charge is 2.08. The maximum Gasteiger partial charge on any atom is 0.335 e. The summed E-state index contributed by atoms with van der Waals surface area (Å²) < 4.78 is 10.9. The van der Waals surface area contributed by atoms with Gasteiger partial charge in [-0.3, -0.25) is 0 Å². The molecule has 32 heavy (non-hydrogen) atoms. The van der Waals surface area contributed by atoms with Crippen molar-refractivity contribution < 1.29 is 19.4 Å². The lowest BCUT2D eigenvalue weighted by atomic mass is 9.98. The second-order valence-corrected chi connectivity index (χ2v) is 7.09. The van der Waals surface area contributed by atoms with Gasteiger partial charge in [0.25, 0.3) is 0 Å². The van der Waals surface area contributed by atoms with Crippen LogP contribution >= 0.6 is 0 Å². The quantitative estimate of drug-likeness (QED) is 0.373. The predicted octanol–water partition coefficient (Wildman–Crippen LogP) is 5.67. The predicted molar refractivity (Wildman–Crippen MR) is 127 cm³/mol. The van der Waals surface area contributed by atoms with Gasteiger partial charge in [-0.05, 0) is 65.6 Å². The number of carboxylic acids is 1. The zero-order valence-electron chi connectivity index (χ0n) is 18.2. The third-order valence-corrected chi connectivity index (χ3v) is 4.94. The molecule has 0 aromatic heterocycles. The van der Waals surface area contributed by atoms with Crippen LogP contribution in [0.2, 0.25) is 0 Å². The first-order valence-electron chi connectivity index (χ1n) is 10.4. The Bertz CT molecular complexity index is 1120. The molecule has 4 heteroatoms. The van der Waals surface area contributed by atoms with E-state index in [4.69, 9.17) is 14.6 Å². The minimum Gasteiger partial charge on any atom is -0.478 e. The third-order valence-electron chi connectivity index (χ3n) is 4.94. The van der Waals surface area contributed by atoms with Crippen molar-refractivity contribution in [2.24, 2.45) is 0 Å². The van der Waals surface area contributed by atoms with E-state index in [-0.39, 0.29) is 11.9 Å². The summed E-state index contributed by atoms with van der Waals surface area (Å²) in [5.41, 5.74) is 5.49. The van der Waals surface area contributed by atoms with Crippen LogP contribution in [0.15, 0.2) is 78.9 Å². The van der Waals surface area contributed by atoms with Crippen LogP contribution in [-0.4, -0.2) is 31.1 Å². The topological polar surface area (TPSA) is 55.8 Å². The second kappa shape index (κ2) is 11.7. The molecule has 0 aliphatic carbocycles. The highest BCUT2D eigenvalue weighted by Crippen LogP contribution is 2.25. The fourth-order valence-electron chi connectivity index (χ4n) is 3.27. The van der Waals surface area contributed by atoms with Gasteiger partial charge in [-0.1, -0.05) is 60.4 Å². The number of hydrogen-bond acceptors (Lipinski definition) is 3. The molecule has 162 valence electrons. The fraction of sp³-hybridized carbons (Fsp3) is 0.179. The van der Waals surface area contributed by atoms with Crippen molar-refractivity contribution in [3.8, 4) is 23.0 Å². The van der Waals surface area contributed by atoms with Crippen LogP contribution < -0.4 is 0 Å². The molecular formula is C28H26O4. The zero-order valence-corrected chi connectivity index (χ0v) is 18.2. The van der Waals surface area contributed by atoms with Crippen molar-refractivity contribution in [3.63, 3.8) is 0 Å². The van der Waals surface area contributed by atoms with E-state index in [1.165, 1.54) is 0 Å². The Hall–Kier alpha value is -3.65. The lowest BCUT2D eigenvalue weighted by Gasteiger charge is -2.15. The first kappa shape index (κ1) is 23.0. The van der Waals surface area contributed by atoms with E-state index in [0.29, 0.717) is 13.0 Å². The van der Waals surface area contributed by atoms with Crippen LogP contribution in [0, 0.1) is 11.8 Å². The maximum absolute atomic E-state index is 10.9. The van der Waals surface area contributed by atoms with Crippen LogP contribution in [0.4, 0.5) is 0 Å². The van der Waals surface area contributed by atoms with E-state index in [2.05, 4.69) is 48.2 Å². The van der Waals surface area contributed by atoms with Gasteiger partial charge in [0, 0.05) is 25.7 Å². The van der Waals surface area contributed by atoms with Gasteiger partial charge in [-0.2, -0.15) is 0 Å². The Labute approximate surface area is 189 Å². The van der Waals surface area contributed by atoms with Gasteiger partial charge in [0.2, 0.25) is 0 Å². The number of carboxylic acid groups (broad SMARTS) is 1. The van der Waals surface area contributed by atoms with Gasteiger partial charge in [-0.25, -0.2) is 4.79 Å². The summed E-state index contributed by atoms with van der Waals surface area (Å²) in [6, 6.07) is 23.1. The molecule has 1 N–H and O–H groups in total. The molecule has 0 aliphatic heterocycles. The Balaban J connectivity index is 1.73. The molecule has 0 amide bonds. The molecule has 0 radical (unpaired) electrons. The summed E-state index contributed by atoms with van der Waals surface area (Å²) in [7, 11) is 1.66. The number of ether oxygens (including phenoxy) is 2. The Morgan fingerprint density at radius 2 is 1.75 bits per heavy atom. The molecule has 0 aliphatic rings. The van der Waals surface area contributed by atoms with Crippen LogP contribution in [0.3, 0.4) is 0 Å². The smallest absolute Gasteiger partial charge is 0.335 e. The van der Waals surface area contributed by atoms with Crippen molar-refractivity contribution in [1.29, 1.82) is 0 Å². The van der Waals surface area contributed by atoms with E-state index in [1.807, 2.05) is 31.2 Å². The number of benzene rings is 3. The first-order valence-corrected chi connectivity index (χ1v) is 10.4. The summed E-state index contributed by atoms with van der Waals surface area (Å²) in [5, 5.41) is 8.96. The minimum absolute atomic E-state index is 0.236. The fourth-order valence-corrected chi connectivity index (χ4v) is 3.27. The van der Waals surface area contributed by atoms with Crippen LogP contribution in [0.1, 0.15) is 34.0 Å². The maximum atomic E-state index is 10.9. The second-order valence-electron chi connectivity index (χ2n) is 7.09. The van der Waals surface area contributed by atoms with E-state index in [9.17, 15) is 4.79 Å². The molecule has 4 nitrogen and oxygen atoms in total. The summed E-state index contributed by atoms with van der Waals surface area (Å²) >= 11 is 0. The van der Waals surface area contributed by atoms with E-state index >= 15 is 0 Å². The van der Waals surface area contributed by atoms with E-state index in [1.54, 1.807) is 31.4 Å². The first-order chi connectivity index (χ1) is 15.6. The number of carbonyl (C=O) groups is 1. The summed E-state index contributed by atoms with van der Waals surface area (Å²) in [5.74, 6) is 5.11. The highest BCUT2D eigenvalue weighted by molar-refractivity contribution is 5.87. The third kappa shape index (κ3) is 6.42. The molecule has 3 aromatic carbocycles. The summed E-state index contributed by atoms with van der Waals surface area (Å²) in [6.45, 7) is 2.58. The van der Waals surface area contributed by atoms with Gasteiger partial charge >= 0.3 is 5.97 Å². The van der Waals surface area contributed by atoms with Gasteiger partial charge in [0.05, 0.1) is 5.56 Å². The summed E-state index contributed by atoms with van der Waals surface area (Å²) in [4.78, 5) is 10.9. The van der Waals surface area contributed by atoms with Crippen molar-refractivity contribution in [2.75, 3.05) is 13.7 Å². The zero-order chi connectivity index (χ0) is 22.8. The molecule has 1 unspecified atom stereocenters. The average Bonchev–Trinajstić information content (AvgIpc) is 2.82. The van der Waals surface area contributed by atoms with Crippen LogP contribution in [-0.2, 0) is 15.9 Å². The number of rotatable bonds is 8. The van der Waals surface area contributed by atoms with Gasteiger partial charge in [0.1, 0.15) is 0 Å². The monoisotopic (exact) mass is 426 g/mol. The minimum atomic E-state index is -0.943. The number of methoxy groups -OCH3 is 1. The van der Waals surface area contributed by atoms with Gasteiger partial charge in [-0.15, -0.1) is 0 Å². The number of aromatic carboxylic acids is 1. The molecule has 0 spiro atoms. The van der Waals surface area contributed by atoms with Gasteiger partial charge in [0.15, 0.2) is 6.29 Å². The molecule has 3 aromatic rings. The van der Waals surface area contributed by atoms with Crippen LogP contribution in [0.5, 0.6) is 0 Å². The molecule has 0 bridgehead atoms. The van der Waals surface area contributed by atoms with Gasteiger partial charge < -0.3 is 14.6 Å². The largest absolute Gasteiger partial charge is 0.478 e. The normalized spacial score (nSPS) is 11.7. The SMILES string of the molecule is CCOC(Cc1ccc(-c2ccccc2C=CC#Cc2ccc(C(=O)O)cc2)cc1)OC. The Morgan fingerprint density at radius 3 is 2.41 bits per heavy atom. The molecule has 1 atom stereocenters. The number of hydrogen-bond donors (Lipinski definition) is 1. The standard InChI is InChI=1S/C28H26O4/c1-3-32-27(31-2)20-22-14-16-24(17-15-22)26-11-7-6-10-23(26)9-5-4-8-21-12-18-25(19-13-21)28(29)30/h5-7,9-19,27H,3,20H2,1-2H3,(H,29,30). The van der Waals surface area contributed by atoms with Crippen molar-refractivity contribution in [2.45, 2.75) is 19.6 Å². The van der Waals surface area contributed by atoms with Crippen molar-refractivity contribution >= 4 is 12.0 Å².